The van der Waals surface area contributed by atoms with E-state index >= 15 is 0 Å². The van der Waals surface area contributed by atoms with Gasteiger partial charge in [0.1, 0.15) is 31.0 Å². The molecule has 176 valence electrons. The highest BCUT2D eigenvalue weighted by Gasteiger charge is 2.35. The molecule has 0 spiro atoms. The van der Waals surface area contributed by atoms with Gasteiger partial charge in [0.25, 0.3) is 0 Å². The zero-order valence-corrected chi connectivity index (χ0v) is 18.3. The van der Waals surface area contributed by atoms with Crippen LogP contribution in [0.4, 0.5) is 5.69 Å². The van der Waals surface area contributed by atoms with Crippen molar-refractivity contribution >= 4 is 23.5 Å². The Balaban J connectivity index is 1.55. The summed E-state index contributed by atoms with van der Waals surface area (Å²) in [4.78, 5) is 37.4. The summed E-state index contributed by atoms with van der Waals surface area (Å²) >= 11 is 0. The van der Waals surface area contributed by atoms with Gasteiger partial charge in [-0.1, -0.05) is 37.8 Å². The number of anilines is 1. The highest BCUT2D eigenvalue weighted by molar-refractivity contribution is 6.02. The Bertz CT molecular complexity index is 796. The van der Waals surface area contributed by atoms with Crippen molar-refractivity contribution in [2.45, 2.75) is 57.0 Å². The van der Waals surface area contributed by atoms with Crippen LogP contribution in [0, 0.1) is 5.92 Å². The minimum atomic E-state index is -1.16. The number of benzene rings is 1. The molecule has 32 heavy (non-hydrogen) atoms. The Morgan fingerprint density at radius 3 is 2.62 bits per heavy atom. The maximum Gasteiger partial charge on any atom is 0.323 e. The number of ether oxygens (including phenoxy) is 1. The van der Waals surface area contributed by atoms with E-state index in [1.165, 1.54) is 19.3 Å². The van der Waals surface area contributed by atoms with Crippen molar-refractivity contribution in [1.82, 2.24) is 10.6 Å². The van der Waals surface area contributed by atoms with Crippen LogP contribution in [0.3, 0.4) is 0 Å². The van der Waals surface area contributed by atoms with Crippen molar-refractivity contribution in [3.05, 3.63) is 24.3 Å². The van der Waals surface area contributed by atoms with E-state index in [2.05, 4.69) is 10.6 Å². The van der Waals surface area contributed by atoms with Gasteiger partial charge >= 0.3 is 11.9 Å². The first kappa shape index (κ1) is 24.0. The van der Waals surface area contributed by atoms with Crippen LogP contribution >= 0.6 is 0 Å². The number of nitrogens with one attached hydrogen (secondary N) is 2. The first-order valence-electron chi connectivity index (χ1n) is 11.4. The lowest BCUT2D eigenvalue weighted by Gasteiger charge is -2.25. The minimum absolute atomic E-state index is 0.0640. The van der Waals surface area contributed by atoms with Crippen molar-refractivity contribution in [1.29, 1.82) is 0 Å². The Morgan fingerprint density at radius 1 is 1.16 bits per heavy atom. The smallest absolute Gasteiger partial charge is 0.323 e. The second-order valence-corrected chi connectivity index (χ2v) is 8.54. The molecule has 0 aromatic heterocycles. The van der Waals surface area contributed by atoms with Crippen LogP contribution in [0.15, 0.2) is 24.3 Å². The molecule has 1 aromatic rings. The number of carboxylic acid groups (broad SMARTS) is 2. The van der Waals surface area contributed by atoms with E-state index in [1.807, 2.05) is 0 Å². The molecule has 1 saturated heterocycles. The summed E-state index contributed by atoms with van der Waals surface area (Å²) < 4.78 is 5.72. The maximum absolute atomic E-state index is 13.1. The molecule has 2 atom stereocenters. The van der Waals surface area contributed by atoms with Gasteiger partial charge in [-0.3, -0.25) is 24.6 Å². The molecule has 1 fully saturated rings. The summed E-state index contributed by atoms with van der Waals surface area (Å²) in [6, 6.07) is 4.87. The van der Waals surface area contributed by atoms with Gasteiger partial charge in [0.05, 0.1) is 5.69 Å². The summed E-state index contributed by atoms with van der Waals surface area (Å²) in [5.74, 6) is -1.53. The molecular weight excluding hydrogens is 414 g/mol. The number of carboxylic acids is 2. The second-order valence-electron chi connectivity index (χ2n) is 8.54. The van der Waals surface area contributed by atoms with Crippen LogP contribution in [0.2, 0.25) is 0 Å². The predicted molar refractivity (Wildman–Crippen MR) is 119 cm³/mol. The monoisotopic (exact) mass is 447 g/mol. The normalized spacial score (nSPS) is 20.2. The van der Waals surface area contributed by atoms with Gasteiger partial charge in [-0.05, 0) is 50.4 Å². The topological polar surface area (TPSA) is 128 Å². The van der Waals surface area contributed by atoms with Gasteiger partial charge in [0, 0.05) is 0 Å². The summed E-state index contributed by atoms with van der Waals surface area (Å²) in [6.07, 6.45) is 6.75. The lowest BCUT2D eigenvalue weighted by Crippen LogP contribution is -2.54. The summed E-state index contributed by atoms with van der Waals surface area (Å²) in [5.41, 5.74) is 0.369. The highest BCUT2D eigenvalue weighted by Crippen LogP contribution is 2.31. The lowest BCUT2D eigenvalue weighted by atomic mass is 9.92. The molecule has 1 amide bonds. The number of fused-ring (bicyclic) bond motifs is 1. The van der Waals surface area contributed by atoms with Crippen molar-refractivity contribution < 1.29 is 29.3 Å². The van der Waals surface area contributed by atoms with Crippen LogP contribution in [0.1, 0.15) is 44.9 Å². The number of rotatable bonds is 11. The van der Waals surface area contributed by atoms with Crippen LogP contribution in [-0.4, -0.2) is 66.4 Å². The molecule has 1 aromatic carbocycles. The number of carbonyl (C=O) groups excluding carboxylic acids is 1. The van der Waals surface area contributed by atoms with E-state index in [9.17, 15) is 24.6 Å². The van der Waals surface area contributed by atoms with E-state index in [4.69, 9.17) is 4.74 Å². The average Bonchev–Trinajstić information content (AvgIpc) is 2.90. The molecule has 9 nitrogen and oxygen atoms in total. The fraction of sp³-hybridized carbons (Fsp3) is 0.609. The molecule has 9 heteroatoms. The third-order valence-electron chi connectivity index (χ3n) is 6.18. The summed E-state index contributed by atoms with van der Waals surface area (Å²) in [5, 5.41) is 25.2. The fourth-order valence-corrected chi connectivity index (χ4v) is 4.42. The summed E-state index contributed by atoms with van der Waals surface area (Å²) in [7, 11) is 0. The third-order valence-corrected chi connectivity index (χ3v) is 6.18. The SMILES string of the molecule is O=C(O)CN1C(=O)[C@@H](NC(CCCCCC2CCNCC2)C(=O)O)COc2ccccc21. The standard InChI is InChI=1S/C23H33N3O6/c27-21(28)14-26-19-8-4-5-9-20(19)32-15-18(22(26)29)25-17(23(30)31)7-3-1-2-6-16-10-12-24-13-11-16/h4-5,8-9,16-18,24-25H,1-3,6-7,10-15H2,(H,27,28)(H,30,31)/t17?,18-/m0/s1. The van der Waals surface area contributed by atoms with Crippen LogP contribution in [0.25, 0.3) is 0 Å². The average molecular weight is 448 g/mol. The molecule has 0 aliphatic carbocycles. The molecule has 1 unspecified atom stereocenters. The van der Waals surface area contributed by atoms with E-state index in [0.717, 1.165) is 43.2 Å². The third kappa shape index (κ3) is 6.67. The van der Waals surface area contributed by atoms with Crippen molar-refractivity contribution in [2.24, 2.45) is 5.92 Å². The number of piperidine rings is 1. The molecule has 2 aliphatic rings. The van der Waals surface area contributed by atoms with Crippen LogP contribution in [-0.2, 0) is 14.4 Å². The van der Waals surface area contributed by atoms with Gasteiger partial charge in [-0.15, -0.1) is 0 Å². The molecule has 4 N–H and O–H groups in total. The Morgan fingerprint density at radius 2 is 1.91 bits per heavy atom. The van der Waals surface area contributed by atoms with Gasteiger partial charge < -0.3 is 20.3 Å². The Labute approximate surface area is 188 Å². The molecule has 0 bridgehead atoms. The number of hydrogen-bond acceptors (Lipinski definition) is 6. The zero-order valence-electron chi connectivity index (χ0n) is 18.3. The number of amides is 1. The van der Waals surface area contributed by atoms with Crippen molar-refractivity contribution in [3.8, 4) is 5.75 Å². The van der Waals surface area contributed by atoms with Gasteiger partial charge in [-0.2, -0.15) is 0 Å². The Kier molecular flexibility index (Phi) is 8.87. The number of hydrogen-bond donors (Lipinski definition) is 4. The quantitative estimate of drug-likeness (QED) is 0.379. The van der Waals surface area contributed by atoms with Gasteiger partial charge in [0.15, 0.2) is 0 Å². The number of carbonyl (C=O) groups is 3. The molecular formula is C23H33N3O6. The maximum atomic E-state index is 13.1. The fourth-order valence-electron chi connectivity index (χ4n) is 4.42. The number of para-hydroxylation sites is 2. The van der Waals surface area contributed by atoms with Gasteiger partial charge in [0.2, 0.25) is 5.91 Å². The van der Waals surface area contributed by atoms with Gasteiger partial charge in [-0.25, -0.2) is 0 Å². The van der Waals surface area contributed by atoms with E-state index < -0.39 is 36.5 Å². The van der Waals surface area contributed by atoms with Crippen LogP contribution < -0.4 is 20.3 Å². The number of nitrogens with zero attached hydrogens (tertiary/aromatic N) is 1. The molecule has 3 rings (SSSR count). The number of unbranched alkanes of at least 4 members (excludes halogenated alkanes) is 2. The largest absolute Gasteiger partial charge is 0.489 e. The number of aliphatic carboxylic acids is 2. The van der Waals surface area contributed by atoms with Crippen molar-refractivity contribution in [3.63, 3.8) is 0 Å². The Hall–Kier alpha value is -2.65. The van der Waals surface area contributed by atoms with E-state index in [1.54, 1.807) is 24.3 Å². The van der Waals surface area contributed by atoms with E-state index in [-0.39, 0.29) is 6.61 Å². The zero-order chi connectivity index (χ0) is 22.9. The molecule has 2 heterocycles. The first-order valence-corrected chi connectivity index (χ1v) is 11.4. The lowest BCUT2D eigenvalue weighted by molar-refractivity contribution is -0.141. The van der Waals surface area contributed by atoms with E-state index in [0.29, 0.717) is 17.9 Å². The molecule has 0 saturated carbocycles. The highest BCUT2D eigenvalue weighted by atomic mass is 16.5. The second kappa shape index (κ2) is 11.8. The van der Waals surface area contributed by atoms with Crippen molar-refractivity contribution in [2.75, 3.05) is 31.1 Å². The minimum Gasteiger partial charge on any atom is -0.489 e. The first-order chi connectivity index (χ1) is 15.5. The summed E-state index contributed by atoms with van der Waals surface area (Å²) in [6.45, 7) is 1.57. The van der Waals surface area contributed by atoms with Crippen LogP contribution in [0.5, 0.6) is 5.75 Å². The predicted octanol–water partition coefficient (Wildman–Crippen LogP) is 1.86. The molecule has 0 radical (unpaired) electrons. The molecule has 2 aliphatic heterocycles.